The summed E-state index contributed by atoms with van der Waals surface area (Å²) in [6, 6.07) is 5.82. The van der Waals surface area contributed by atoms with Crippen molar-refractivity contribution in [3.05, 3.63) is 40.3 Å². The van der Waals surface area contributed by atoms with Crippen LogP contribution in [0.3, 0.4) is 0 Å². The monoisotopic (exact) mass is 324 g/mol. The van der Waals surface area contributed by atoms with Gasteiger partial charge in [-0.15, -0.1) is 0 Å². The lowest BCUT2D eigenvalue weighted by Gasteiger charge is -2.24. The summed E-state index contributed by atoms with van der Waals surface area (Å²) in [4.78, 5) is 8.05. The number of nitrogens with two attached hydrogens (primary N) is 1. The number of rotatable bonds is 2. The number of aromatic nitrogens is 2. The molecule has 0 spiro atoms. The van der Waals surface area contributed by atoms with E-state index in [0.29, 0.717) is 23.0 Å². The number of halogens is 2. The Hall–Kier alpha value is -1.40. The maximum absolute atomic E-state index is 6.23. The Kier molecular flexibility index (Phi) is 4.26. The van der Waals surface area contributed by atoms with Crippen molar-refractivity contribution in [2.75, 3.05) is 25.5 Å². The molecule has 1 aromatic heterocycles. The smallest absolute Gasteiger partial charge is 0.223 e. The largest absolute Gasteiger partial charge is 0.396 e. The van der Waals surface area contributed by atoms with Crippen LogP contribution in [-0.2, 0) is 4.74 Å². The van der Waals surface area contributed by atoms with Gasteiger partial charge in [0, 0.05) is 17.1 Å². The molecule has 1 unspecified atom stereocenters. The van der Waals surface area contributed by atoms with E-state index in [9.17, 15) is 0 Å². The normalized spacial score (nSPS) is 18.7. The summed E-state index contributed by atoms with van der Waals surface area (Å²) in [5.41, 5.74) is 8.82. The number of benzene rings is 1. The lowest BCUT2D eigenvalue weighted by Crippen LogP contribution is -2.34. The fourth-order valence-electron chi connectivity index (χ4n) is 2.33. The lowest BCUT2D eigenvalue weighted by molar-refractivity contribution is 0.0769. The summed E-state index contributed by atoms with van der Waals surface area (Å²) >= 11 is 12.1. The number of ether oxygens (including phenoxy) is 1. The number of hydrogen-bond acceptors (Lipinski definition) is 5. The second kappa shape index (κ2) is 6.15. The van der Waals surface area contributed by atoms with Gasteiger partial charge in [0.05, 0.1) is 36.8 Å². The van der Waals surface area contributed by atoms with E-state index in [1.54, 1.807) is 0 Å². The minimum Gasteiger partial charge on any atom is -0.396 e. The molecule has 1 saturated heterocycles. The first kappa shape index (κ1) is 14.5. The molecular formula is C14H14Cl2N4O. The van der Waals surface area contributed by atoms with Crippen LogP contribution in [0.4, 0.5) is 5.69 Å². The molecule has 1 atom stereocenters. The Morgan fingerprint density at radius 2 is 2.14 bits per heavy atom. The molecule has 0 bridgehead atoms. The van der Waals surface area contributed by atoms with Gasteiger partial charge in [-0.1, -0.05) is 11.6 Å². The summed E-state index contributed by atoms with van der Waals surface area (Å²) in [5, 5.41) is 4.16. The molecular weight excluding hydrogens is 311 g/mol. The molecule has 5 nitrogen and oxygen atoms in total. The minimum absolute atomic E-state index is 0.106. The summed E-state index contributed by atoms with van der Waals surface area (Å²) < 4.78 is 5.49. The van der Waals surface area contributed by atoms with Crippen LogP contribution in [0.25, 0.3) is 11.3 Å². The van der Waals surface area contributed by atoms with Gasteiger partial charge in [-0.2, -0.15) is 0 Å². The Balaban J connectivity index is 2.02. The van der Waals surface area contributed by atoms with Crippen molar-refractivity contribution < 1.29 is 4.74 Å². The van der Waals surface area contributed by atoms with Gasteiger partial charge in [0.25, 0.3) is 0 Å². The highest BCUT2D eigenvalue weighted by Gasteiger charge is 2.17. The molecule has 21 heavy (non-hydrogen) atoms. The molecule has 3 rings (SSSR count). The van der Waals surface area contributed by atoms with Crippen LogP contribution in [0.2, 0.25) is 10.3 Å². The van der Waals surface area contributed by atoms with Crippen LogP contribution in [0.1, 0.15) is 11.6 Å². The fourth-order valence-corrected chi connectivity index (χ4v) is 2.71. The molecule has 2 heterocycles. The van der Waals surface area contributed by atoms with Crippen molar-refractivity contribution in [3.8, 4) is 11.3 Å². The van der Waals surface area contributed by atoms with Crippen molar-refractivity contribution in [2.45, 2.75) is 6.04 Å². The Morgan fingerprint density at radius 1 is 1.29 bits per heavy atom. The van der Waals surface area contributed by atoms with E-state index in [-0.39, 0.29) is 11.3 Å². The Morgan fingerprint density at radius 3 is 2.90 bits per heavy atom. The molecule has 110 valence electrons. The molecule has 0 radical (unpaired) electrons. The van der Waals surface area contributed by atoms with E-state index in [1.165, 1.54) is 6.20 Å². The second-order valence-electron chi connectivity index (χ2n) is 4.80. The molecule has 3 N–H and O–H groups in total. The number of nitrogens with one attached hydrogen (secondary N) is 1. The van der Waals surface area contributed by atoms with Crippen molar-refractivity contribution in [1.29, 1.82) is 0 Å². The van der Waals surface area contributed by atoms with Gasteiger partial charge in [-0.3, -0.25) is 0 Å². The quantitative estimate of drug-likeness (QED) is 0.831. The van der Waals surface area contributed by atoms with Crippen LogP contribution in [-0.4, -0.2) is 29.7 Å². The molecule has 0 amide bonds. The zero-order valence-electron chi connectivity index (χ0n) is 11.1. The standard InChI is InChI=1S/C14H14Cl2N4O/c15-10-4-8(12-7-21-2-1-18-12)3-9(5-10)13-11(17)6-19-14(16)20-13/h3-6,12,18H,1-2,7,17H2. The van der Waals surface area contributed by atoms with E-state index >= 15 is 0 Å². The summed E-state index contributed by atoms with van der Waals surface area (Å²) in [7, 11) is 0. The van der Waals surface area contributed by atoms with Crippen molar-refractivity contribution >= 4 is 28.9 Å². The number of nitrogens with zero attached hydrogens (tertiary/aromatic N) is 2. The van der Waals surface area contributed by atoms with Crippen LogP contribution in [0, 0.1) is 0 Å². The third-order valence-corrected chi connectivity index (χ3v) is 3.71. The highest BCUT2D eigenvalue weighted by atomic mass is 35.5. The van der Waals surface area contributed by atoms with Gasteiger partial charge in [0.1, 0.15) is 0 Å². The first-order valence-electron chi connectivity index (χ1n) is 6.53. The van der Waals surface area contributed by atoms with Crippen LogP contribution in [0.5, 0.6) is 0 Å². The highest BCUT2D eigenvalue weighted by Crippen LogP contribution is 2.30. The van der Waals surface area contributed by atoms with Gasteiger partial charge >= 0.3 is 0 Å². The highest BCUT2D eigenvalue weighted by molar-refractivity contribution is 6.31. The molecule has 1 fully saturated rings. The van der Waals surface area contributed by atoms with Crippen LogP contribution >= 0.6 is 23.2 Å². The number of morpholine rings is 1. The third-order valence-electron chi connectivity index (χ3n) is 3.31. The van der Waals surface area contributed by atoms with E-state index in [2.05, 4.69) is 15.3 Å². The number of nitrogen functional groups attached to an aromatic ring is 1. The lowest BCUT2D eigenvalue weighted by atomic mass is 10.0. The second-order valence-corrected chi connectivity index (χ2v) is 5.57. The van der Waals surface area contributed by atoms with Gasteiger partial charge < -0.3 is 15.8 Å². The third kappa shape index (κ3) is 3.27. The topological polar surface area (TPSA) is 73.1 Å². The van der Waals surface area contributed by atoms with Gasteiger partial charge in [-0.05, 0) is 35.4 Å². The van der Waals surface area contributed by atoms with Gasteiger partial charge in [-0.25, -0.2) is 9.97 Å². The molecule has 0 saturated carbocycles. The van der Waals surface area contributed by atoms with E-state index in [4.69, 9.17) is 33.7 Å². The Labute approximate surface area is 132 Å². The minimum atomic E-state index is 0.106. The number of hydrogen-bond donors (Lipinski definition) is 2. The molecule has 0 aliphatic carbocycles. The maximum Gasteiger partial charge on any atom is 0.223 e. The predicted molar refractivity (Wildman–Crippen MR) is 83.5 cm³/mol. The summed E-state index contributed by atoms with van der Waals surface area (Å²) in [6.07, 6.45) is 1.49. The molecule has 2 aromatic rings. The zero-order valence-corrected chi connectivity index (χ0v) is 12.7. The maximum atomic E-state index is 6.23. The van der Waals surface area contributed by atoms with E-state index < -0.39 is 0 Å². The SMILES string of the molecule is Nc1cnc(Cl)nc1-c1cc(Cl)cc(C2COCCN2)c1. The first-order chi connectivity index (χ1) is 10.1. The number of anilines is 1. The van der Waals surface area contributed by atoms with Gasteiger partial charge in [0.2, 0.25) is 5.28 Å². The van der Waals surface area contributed by atoms with Crippen molar-refractivity contribution in [3.63, 3.8) is 0 Å². The van der Waals surface area contributed by atoms with Gasteiger partial charge in [0.15, 0.2) is 0 Å². The van der Waals surface area contributed by atoms with Crippen molar-refractivity contribution in [1.82, 2.24) is 15.3 Å². The van der Waals surface area contributed by atoms with Crippen molar-refractivity contribution in [2.24, 2.45) is 0 Å². The first-order valence-corrected chi connectivity index (χ1v) is 7.29. The Bertz CT molecular complexity index is 659. The van der Waals surface area contributed by atoms with Crippen LogP contribution in [0.15, 0.2) is 24.4 Å². The van der Waals surface area contributed by atoms with E-state index in [1.807, 2.05) is 18.2 Å². The summed E-state index contributed by atoms with van der Waals surface area (Å²) in [5.74, 6) is 0. The average molecular weight is 325 g/mol. The summed E-state index contributed by atoms with van der Waals surface area (Å²) in [6.45, 7) is 2.15. The predicted octanol–water partition coefficient (Wildman–Crippen LogP) is 2.69. The molecule has 1 aromatic carbocycles. The fraction of sp³-hybridized carbons (Fsp3) is 0.286. The average Bonchev–Trinajstić information content (AvgIpc) is 2.50. The van der Waals surface area contributed by atoms with E-state index in [0.717, 1.165) is 24.3 Å². The molecule has 7 heteroatoms. The molecule has 1 aliphatic heterocycles. The zero-order chi connectivity index (χ0) is 14.8. The van der Waals surface area contributed by atoms with Crippen LogP contribution < -0.4 is 11.1 Å². The molecule has 1 aliphatic rings.